The van der Waals surface area contributed by atoms with Gasteiger partial charge in [-0.05, 0) is 103 Å². The van der Waals surface area contributed by atoms with Gasteiger partial charge in [-0.25, -0.2) is 0 Å². The Kier molecular flexibility index (Phi) is 6.75. The molecular weight excluding hydrogens is 687 g/mol. The van der Waals surface area contributed by atoms with Crippen molar-refractivity contribution in [1.82, 2.24) is 4.57 Å². The predicted molar refractivity (Wildman–Crippen MR) is 240 cm³/mol. The third-order valence-corrected chi connectivity index (χ3v) is 13.1. The summed E-state index contributed by atoms with van der Waals surface area (Å²) < 4.78 is 11.8. The molecule has 11 rings (SSSR count). The molecule has 0 saturated heterocycles. The normalized spacial score (nSPS) is 13.1. The van der Waals surface area contributed by atoms with Crippen LogP contribution in [0.15, 0.2) is 132 Å². The summed E-state index contributed by atoms with van der Waals surface area (Å²) in [6.45, 7) is 13.7. The Morgan fingerprint density at radius 1 is 0.582 bits per heavy atom. The van der Waals surface area contributed by atoms with Gasteiger partial charge in [-0.2, -0.15) is 0 Å². The van der Waals surface area contributed by atoms with Gasteiger partial charge in [0.05, 0.1) is 11.2 Å². The average Bonchev–Trinajstić information content (AvgIpc) is 3.82. The predicted octanol–water partition coefficient (Wildman–Crippen LogP) is 12.8. The summed E-state index contributed by atoms with van der Waals surface area (Å²) >= 11 is 1.95. The Balaban J connectivity index is 1.21. The summed E-state index contributed by atoms with van der Waals surface area (Å²) in [5.74, 6) is 0. The van der Waals surface area contributed by atoms with E-state index in [0.29, 0.717) is 0 Å². The highest BCUT2D eigenvalue weighted by Crippen LogP contribution is 2.44. The number of nitrogens with zero attached hydrogens (tertiary/aromatic N) is 1. The van der Waals surface area contributed by atoms with Crippen LogP contribution in [0, 0.1) is 0 Å². The summed E-state index contributed by atoms with van der Waals surface area (Å²) in [4.78, 5) is 0. The first kappa shape index (κ1) is 32.6. The van der Waals surface area contributed by atoms with Crippen molar-refractivity contribution in [2.45, 2.75) is 52.4 Å². The summed E-state index contributed by atoms with van der Waals surface area (Å²) in [6.07, 6.45) is 0. The molecule has 5 heteroatoms. The van der Waals surface area contributed by atoms with Crippen LogP contribution in [-0.4, -0.2) is 11.8 Å². The van der Waals surface area contributed by atoms with Crippen LogP contribution in [0.3, 0.4) is 0 Å². The molecule has 4 heterocycles. The Bertz CT molecular complexity index is 3220. The van der Waals surface area contributed by atoms with Gasteiger partial charge in [-0.15, -0.1) is 11.3 Å². The fraction of sp³-hybridized carbons (Fsp3) is 0.160. The van der Waals surface area contributed by atoms with Crippen LogP contribution in [0.25, 0.3) is 81.4 Å². The van der Waals surface area contributed by atoms with Gasteiger partial charge in [0.25, 0.3) is 0 Å². The molecule has 0 amide bonds. The van der Waals surface area contributed by atoms with Crippen LogP contribution >= 0.6 is 11.3 Å². The molecule has 3 aromatic heterocycles. The number of hydrogen-bond acceptors (Lipinski definition) is 3. The Labute approximate surface area is 325 Å². The Hall–Kier alpha value is -5.78. The number of fused-ring (bicyclic) bond motifs is 11. The summed E-state index contributed by atoms with van der Waals surface area (Å²) in [5.41, 5.74) is 14.6. The van der Waals surface area contributed by atoms with Crippen molar-refractivity contribution in [1.29, 1.82) is 0 Å². The minimum Gasteiger partial charge on any atom is -0.456 e. The van der Waals surface area contributed by atoms with Gasteiger partial charge >= 0.3 is 0 Å². The molecule has 1 aliphatic heterocycles. The van der Waals surface area contributed by atoms with Crippen LogP contribution in [0.5, 0.6) is 0 Å². The molecule has 1 N–H and O–H groups in total. The molecule has 1 aliphatic rings. The fourth-order valence-corrected chi connectivity index (χ4v) is 10.1. The smallest absolute Gasteiger partial charge is 0.211 e. The lowest BCUT2D eigenvalue weighted by atomic mass is 9.63. The Morgan fingerprint density at radius 2 is 1.31 bits per heavy atom. The number of para-hydroxylation sites is 1. The van der Waals surface area contributed by atoms with Crippen LogP contribution in [0.4, 0.5) is 11.4 Å². The number of furan rings is 1. The van der Waals surface area contributed by atoms with E-state index in [-0.39, 0.29) is 10.8 Å². The topological polar surface area (TPSA) is 30.1 Å². The second kappa shape index (κ2) is 11.4. The fourth-order valence-electron chi connectivity index (χ4n) is 8.96. The zero-order valence-corrected chi connectivity index (χ0v) is 32.9. The second-order valence-electron chi connectivity index (χ2n) is 17.5. The first-order chi connectivity index (χ1) is 26.5. The summed E-state index contributed by atoms with van der Waals surface area (Å²) in [5, 5.41) is 12.5. The summed E-state index contributed by atoms with van der Waals surface area (Å²) in [6, 6.07) is 47.4. The number of nitrogens with one attached hydrogen (secondary N) is 1. The molecule has 0 fully saturated rings. The van der Waals surface area contributed by atoms with Crippen molar-refractivity contribution < 1.29 is 4.42 Å². The monoisotopic (exact) mass is 728 g/mol. The molecule has 0 spiro atoms. The standard InChI is InChI=1S/C50H41BN2OS/c1-49(2,3)30-15-18-32(19-16-30)52-40-24-29-12-8-7-11-28(29)23-36(40)34-20-21-35-37-27-43-38(33-13-9-10-14-42(33)54-43)26-41(37)53-46(35)45(34)51-48-47(53)39-25-31(50(4,5)6)17-22-44(39)55-48/h7-27,51-52H,1-6H3. The number of thiophene rings is 1. The molecular formula is C50H41BN2OS. The van der Waals surface area contributed by atoms with E-state index in [1.807, 2.05) is 11.3 Å². The van der Waals surface area contributed by atoms with Gasteiger partial charge in [0.2, 0.25) is 7.28 Å². The first-order valence-electron chi connectivity index (χ1n) is 19.4. The highest BCUT2D eigenvalue weighted by molar-refractivity contribution is 7.29. The number of rotatable bonds is 3. The van der Waals surface area contributed by atoms with E-state index in [0.717, 1.165) is 40.6 Å². The quantitative estimate of drug-likeness (QED) is 0.184. The molecule has 55 heavy (non-hydrogen) atoms. The number of aromatic nitrogens is 1. The first-order valence-corrected chi connectivity index (χ1v) is 20.2. The summed E-state index contributed by atoms with van der Waals surface area (Å²) in [7, 11) is 0.869. The molecule has 266 valence electrons. The van der Waals surface area contributed by atoms with Crippen molar-refractivity contribution in [2.24, 2.45) is 0 Å². The third kappa shape index (κ3) is 4.95. The van der Waals surface area contributed by atoms with Gasteiger partial charge in [0.1, 0.15) is 11.2 Å². The van der Waals surface area contributed by atoms with Crippen molar-refractivity contribution in [3.05, 3.63) is 139 Å². The minimum atomic E-state index is 0.0469. The lowest BCUT2D eigenvalue weighted by Gasteiger charge is -2.23. The van der Waals surface area contributed by atoms with Crippen molar-refractivity contribution in [3.63, 3.8) is 0 Å². The number of benzene rings is 7. The molecule has 0 aliphatic carbocycles. The average molecular weight is 729 g/mol. The van der Waals surface area contributed by atoms with E-state index in [1.54, 1.807) is 0 Å². The van der Waals surface area contributed by atoms with Crippen molar-refractivity contribution >= 4 is 105 Å². The Morgan fingerprint density at radius 3 is 2.09 bits per heavy atom. The lowest BCUT2D eigenvalue weighted by Crippen LogP contribution is -2.35. The van der Waals surface area contributed by atoms with E-state index < -0.39 is 0 Å². The zero-order chi connectivity index (χ0) is 37.4. The van der Waals surface area contributed by atoms with Crippen molar-refractivity contribution in [3.8, 4) is 16.8 Å². The second-order valence-corrected chi connectivity index (χ2v) is 18.6. The molecule has 0 bridgehead atoms. The minimum absolute atomic E-state index is 0.0469. The van der Waals surface area contributed by atoms with E-state index >= 15 is 0 Å². The van der Waals surface area contributed by atoms with Gasteiger partial charge in [-0.3, -0.25) is 0 Å². The highest BCUT2D eigenvalue weighted by atomic mass is 32.1. The van der Waals surface area contributed by atoms with Gasteiger partial charge in [-0.1, -0.05) is 114 Å². The van der Waals surface area contributed by atoms with E-state index in [1.165, 1.54) is 80.8 Å². The maximum atomic E-state index is 6.49. The molecule has 0 radical (unpaired) electrons. The molecule has 0 atom stereocenters. The largest absolute Gasteiger partial charge is 0.456 e. The lowest BCUT2D eigenvalue weighted by molar-refractivity contribution is 0.590. The molecule has 0 saturated carbocycles. The van der Waals surface area contributed by atoms with Crippen LogP contribution in [0.1, 0.15) is 52.7 Å². The SMILES string of the molecule is CC(C)(C)c1ccc(Nc2cc3ccccc3cc2-c2ccc3c4cc5oc6ccccc6c5cc4n4c3c2Bc2sc3ccc(C(C)(C)C)cc3c2-4)cc1. The van der Waals surface area contributed by atoms with Gasteiger partial charge in [0, 0.05) is 54.1 Å². The van der Waals surface area contributed by atoms with E-state index in [9.17, 15) is 0 Å². The maximum Gasteiger partial charge on any atom is 0.211 e. The molecule has 0 unspecified atom stereocenters. The number of hydrogen-bond donors (Lipinski definition) is 1. The molecule has 3 nitrogen and oxygen atoms in total. The third-order valence-electron chi connectivity index (χ3n) is 11.9. The molecule has 7 aromatic carbocycles. The van der Waals surface area contributed by atoms with Crippen molar-refractivity contribution in [2.75, 3.05) is 5.32 Å². The van der Waals surface area contributed by atoms with Crippen LogP contribution in [0.2, 0.25) is 0 Å². The highest BCUT2D eigenvalue weighted by Gasteiger charge is 2.31. The molecule has 10 aromatic rings. The maximum absolute atomic E-state index is 6.49. The van der Waals surface area contributed by atoms with Crippen LogP contribution in [-0.2, 0) is 10.8 Å². The zero-order valence-electron chi connectivity index (χ0n) is 32.1. The van der Waals surface area contributed by atoms with Gasteiger partial charge < -0.3 is 14.3 Å². The number of anilines is 2. The van der Waals surface area contributed by atoms with Crippen LogP contribution < -0.4 is 15.6 Å². The van der Waals surface area contributed by atoms with E-state index in [4.69, 9.17) is 4.42 Å². The van der Waals surface area contributed by atoms with E-state index in [2.05, 4.69) is 179 Å². The van der Waals surface area contributed by atoms with Gasteiger partial charge in [0.15, 0.2) is 0 Å².